The summed E-state index contributed by atoms with van der Waals surface area (Å²) in [5, 5.41) is 9.36. The lowest BCUT2D eigenvalue weighted by Gasteiger charge is -2.10. The molecule has 3 aromatic heterocycles. The SMILES string of the molecule is c1ccc(-c2cc3c4cccc(-c5nc(-c6ccc7ccccc7c6)nc(-c6ccc7c(c6)oc6cccc(-c8ccccc8)c67)n5)c4sc3c3ccccc23)cc1. The summed E-state index contributed by atoms with van der Waals surface area (Å²) in [5.74, 6) is 1.85. The summed E-state index contributed by atoms with van der Waals surface area (Å²) in [4.78, 5) is 15.7. The van der Waals surface area contributed by atoms with Gasteiger partial charge >= 0.3 is 0 Å². The van der Waals surface area contributed by atoms with Crippen molar-refractivity contribution < 1.29 is 4.42 Å². The number of fused-ring (bicyclic) bond motifs is 9. The number of hydrogen-bond acceptors (Lipinski definition) is 5. The Bertz CT molecular complexity index is 3570. The molecule has 0 atom stereocenters. The first-order valence-electron chi connectivity index (χ1n) is 19.4. The van der Waals surface area contributed by atoms with Crippen molar-refractivity contribution in [2.75, 3.05) is 0 Å². The predicted molar refractivity (Wildman–Crippen MR) is 242 cm³/mol. The molecule has 0 unspecified atom stereocenters. The molecular formula is C53H31N3OS. The minimum absolute atomic E-state index is 0.591. The molecule has 0 N–H and O–H groups in total. The maximum Gasteiger partial charge on any atom is 0.165 e. The van der Waals surface area contributed by atoms with E-state index >= 15 is 0 Å². The van der Waals surface area contributed by atoms with Gasteiger partial charge in [0.1, 0.15) is 11.2 Å². The van der Waals surface area contributed by atoms with Crippen LogP contribution in [-0.2, 0) is 0 Å². The van der Waals surface area contributed by atoms with E-state index in [1.807, 2.05) is 23.5 Å². The second-order valence-electron chi connectivity index (χ2n) is 14.7. The average molecular weight is 758 g/mol. The fourth-order valence-electron chi connectivity index (χ4n) is 8.56. The maximum absolute atomic E-state index is 6.55. The van der Waals surface area contributed by atoms with Gasteiger partial charge in [-0.1, -0.05) is 152 Å². The van der Waals surface area contributed by atoms with Crippen molar-refractivity contribution in [3.8, 4) is 56.4 Å². The van der Waals surface area contributed by atoms with Crippen LogP contribution in [-0.4, -0.2) is 15.0 Å². The zero-order valence-corrected chi connectivity index (χ0v) is 31.9. The Balaban J connectivity index is 1.08. The molecule has 0 radical (unpaired) electrons. The Hall–Kier alpha value is -7.47. The lowest BCUT2D eigenvalue weighted by molar-refractivity contribution is 0.669. The molecule has 12 aromatic rings. The highest BCUT2D eigenvalue weighted by Gasteiger charge is 2.20. The first-order chi connectivity index (χ1) is 28.7. The van der Waals surface area contributed by atoms with E-state index in [4.69, 9.17) is 19.4 Å². The van der Waals surface area contributed by atoms with Gasteiger partial charge < -0.3 is 4.42 Å². The lowest BCUT2D eigenvalue weighted by Crippen LogP contribution is -2.00. The smallest absolute Gasteiger partial charge is 0.165 e. The Kier molecular flexibility index (Phi) is 7.37. The van der Waals surface area contributed by atoms with E-state index in [0.29, 0.717) is 17.5 Å². The van der Waals surface area contributed by atoms with Crippen molar-refractivity contribution in [1.29, 1.82) is 0 Å². The van der Waals surface area contributed by atoms with Gasteiger partial charge in [-0.05, 0) is 74.8 Å². The van der Waals surface area contributed by atoms with Crippen LogP contribution in [0.2, 0.25) is 0 Å². The summed E-state index contributed by atoms with van der Waals surface area (Å²) < 4.78 is 8.96. The Morgan fingerprint density at radius 1 is 0.328 bits per heavy atom. The van der Waals surface area contributed by atoms with Gasteiger partial charge in [-0.2, -0.15) is 0 Å². The first kappa shape index (κ1) is 32.7. The number of furan rings is 1. The molecule has 12 rings (SSSR count). The van der Waals surface area contributed by atoms with Crippen molar-refractivity contribution in [2.24, 2.45) is 0 Å². The molecule has 0 spiro atoms. The predicted octanol–water partition coefficient (Wildman–Crippen LogP) is 14.8. The fraction of sp³-hybridized carbons (Fsp3) is 0. The van der Waals surface area contributed by atoms with E-state index in [1.54, 1.807) is 0 Å². The minimum Gasteiger partial charge on any atom is -0.456 e. The van der Waals surface area contributed by atoms with Gasteiger partial charge in [0.25, 0.3) is 0 Å². The third kappa shape index (κ3) is 5.25. The average Bonchev–Trinajstić information content (AvgIpc) is 3.87. The summed E-state index contributed by atoms with van der Waals surface area (Å²) >= 11 is 1.81. The third-order valence-electron chi connectivity index (χ3n) is 11.3. The van der Waals surface area contributed by atoms with Crippen LogP contribution >= 0.6 is 11.3 Å². The molecule has 9 aromatic carbocycles. The molecule has 5 heteroatoms. The van der Waals surface area contributed by atoms with E-state index < -0.39 is 0 Å². The molecule has 0 aliphatic carbocycles. The molecular weight excluding hydrogens is 727 g/mol. The van der Waals surface area contributed by atoms with Crippen molar-refractivity contribution in [3.63, 3.8) is 0 Å². The number of thiophene rings is 1. The third-order valence-corrected chi connectivity index (χ3v) is 12.6. The Labute approximate surface area is 337 Å². The number of hydrogen-bond donors (Lipinski definition) is 0. The van der Waals surface area contributed by atoms with Gasteiger partial charge in [0.05, 0.1) is 0 Å². The minimum atomic E-state index is 0.591. The van der Waals surface area contributed by atoms with Gasteiger partial charge in [0.15, 0.2) is 17.5 Å². The molecule has 0 saturated heterocycles. The molecule has 0 aliphatic rings. The summed E-state index contributed by atoms with van der Waals surface area (Å²) in [6.45, 7) is 0. The quantitative estimate of drug-likeness (QED) is 0.175. The summed E-state index contributed by atoms with van der Waals surface area (Å²) in [5.41, 5.74) is 9.14. The molecule has 0 fully saturated rings. The van der Waals surface area contributed by atoms with Crippen LogP contribution in [0.4, 0.5) is 0 Å². The first-order valence-corrected chi connectivity index (χ1v) is 20.2. The molecule has 270 valence electrons. The topological polar surface area (TPSA) is 51.8 Å². The summed E-state index contributed by atoms with van der Waals surface area (Å²) in [6.07, 6.45) is 0. The van der Waals surface area contributed by atoms with E-state index in [1.165, 1.54) is 42.8 Å². The zero-order chi connectivity index (χ0) is 38.2. The fourth-order valence-corrected chi connectivity index (χ4v) is 9.89. The molecule has 0 saturated carbocycles. The Morgan fingerprint density at radius 3 is 1.74 bits per heavy atom. The number of nitrogens with zero attached hydrogens (tertiary/aromatic N) is 3. The van der Waals surface area contributed by atoms with Crippen molar-refractivity contribution >= 4 is 75.0 Å². The van der Waals surface area contributed by atoms with Gasteiger partial charge in [-0.3, -0.25) is 0 Å². The van der Waals surface area contributed by atoms with Crippen LogP contribution in [0, 0.1) is 0 Å². The normalized spacial score (nSPS) is 11.8. The number of aromatic nitrogens is 3. The standard InChI is InChI=1S/C53H31N3OS/c1-3-14-33(15-4-1)38-21-12-24-46-48(38)42-28-27-37(30-47(42)57-46)52-54-51(36-26-25-32-13-7-8-18-35(32)29-36)55-53(56-52)43-23-11-22-41-45-31-44(34-16-5-2-6-17-34)39-19-9-10-20-40(39)50(45)58-49(41)43/h1-31H. The molecule has 0 bridgehead atoms. The van der Waals surface area contributed by atoms with E-state index in [0.717, 1.165) is 59.8 Å². The second kappa shape index (κ2) is 13.1. The van der Waals surface area contributed by atoms with E-state index in [9.17, 15) is 0 Å². The van der Waals surface area contributed by atoms with Crippen LogP contribution in [0.5, 0.6) is 0 Å². The van der Waals surface area contributed by atoms with Gasteiger partial charge in [-0.25, -0.2) is 15.0 Å². The van der Waals surface area contributed by atoms with Crippen LogP contribution < -0.4 is 0 Å². The maximum atomic E-state index is 6.55. The lowest BCUT2D eigenvalue weighted by atomic mass is 9.95. The van der Waals surface area contributed by atoms with Crippen LogP contribution in [0.3, 0.4) is 0 Å². The molecule has 58 heavy (non-hydrogen) atoms. The Morgan fingerprint density at radius 2 is 0.931 bits per heavy atom. The number of benzene rings is 9. The van der Waals surface area contributed by atoms with Gasteiger partial charge in [0, 0.05) is 53.0 Å². The second-order valence-corrected chi connectivity index (χ2v) is 15.7. The molecule has 0 aliphatic heterocycles. The van der Waals surface area contributed by atoms with E-state index in [-0.39, 0.29) is 0 Å². The highest BCUT2D eigenvalue weighted by Crippen LogP contribution is 2.46. The van der Waals surface area contributed by atoms with Crippen molar-refractivity contribution in [1.82, 2.24) is 15.0 Å². The van der Waals surface area contributed by atoms with Crippen LogP contribution in [0.25, 0.3) is 120 Å². The van der Waals surface area contributed by atoms with Crippen molar-refractivity contribution in [3.05, 3.63) is 188 Å². The van der Waals surface area contributed by atoms with Crippen LogP contribution in [0.15, 0.2) is 192 Å². The zero-order valence-electron chi connectivity index (χ0n) is 31.1. The van der Waals surface area contributed by atoms with Crippen molar-refractivity contribution in [2.45, 2.75) is 0 Å². The summed E-state index contributed by atoms with van der Waals surface area (Å²) in [7, 11) is 0. The van der Waals surface area contributed by atoms with Gasteiger partial charge in [-0.15, -0.1) is 11.3 Å². The molecule has 0 amide bonds. The highest BCUT2D eigenvalue weighted by atomic mass is 32.1. The van der Waals surface area contributed by atoms with Crippen LogP contribution in [0.1, 0.15) is 0 Å². The van der Waals surface area contributed by atoms with E-state index in [2.05, 4.69) is 176 Å². The monoisotopic (exact) mass is 757 g/mol. The van der Waals surface area contributed by atoms with Gasteiger partial charge in [0.2, 0.25) is 0 Å². The number of rotatable bonds is 5. The summed E-state index contributed by atoms with van der Waals surface area (Å²) in [6, 6.07) is 66.2. The molecule has 4 nitrogen and oxygen atoms in total. The largest absolute Gasteiger partial charge is 0.456 e. The highest BCUT2D eigenvalue weighted by molar-refractivity contribution is 7.27. The molecule has 3 heterocycles.